The summed E-state index contributed by atoms with van der Waals surface area (Å²) in [5.74, 6) is 0. The Labute approximate surface area is 109 Å². The second-order valence-corrected chi connectivity index (χ2v) is 5.38. The van der Waals surface area contributed by atoms with Crippen LogP contribution in [0.1, 0.15) is 25.3 Å². The molecule has 1 aliphatic rings. The zero-order chi connectivity index (χ0) is 12.3. The van der Waals surface area contributed by atoms with Gasteiger partial charge in [-0.1, -0.05) is 11.6 Å². The summed E-state index contributed by atoms with van der Waals surface area (Å²) in [4.78, 5) is 2.47. The first-order valence-corrected chi connectivity index (χ1v) is 6.79. The maximum Gasteiger partial charge on any atom is 0.0410 e. The van der Waals surface area contributed by atoms with E-state index in [2.05, 4.69) is 30.1 Å². The molecule has 0 spiro atoms. The van der Waals surface area contributed by atoms with Gasteiger partial charge < -0.3 is 10.2 Å². The molecule has 0 bridgehead atoms. The Bertz CT molecular complexity index is 378. The summed E-state index contributed by atoms with van der Waals surface area (Å²) >= 11 is 6.01. The number of benzene rings is 1. The third kappa shape index (κ3) is 3.36. The van der Waals surface area contributed by atoms with Gasteiger partial charge in [-0.15, -0.1) is 0 Å². The molecule has 1 aromatic carbocycles. The van der Waals surface area contributed by atoms with E-state index in [1.807, 2.05) is 12.1 Å². The van der Waals surface area contributed by atoms with Crippen LogP contribution in [0.15, 0.2) is 18.2 Å². The fourth-order valence-corrected chi connectivity index (χ4v) is 2.68. The lowest BCUT2D eigenvalue weighted by Gasteiger charge is -2.32. The van der Waals surface area contributed by atoms with Gasteiger partial charge in [0.1, 0.15) is 0 Å². The number of halogens is 1. The molecule has 2 rings (SSSR count). The molecule has 1 aliphatic heterocycles. The fourth-order valence-electron chi connectivity index (χ4n) is 2.46. The first kappa shape index (κ1) is 12.7. The summed E-state index contributed by atoms with van der Waals surface area (Å²) in [6, 6.07) is 6.73. The van der Waals surface area contributed by atoms with Gasteiger partial charge in [0, 0.05) is 29.8 Å². The van der Waals surface area contributed by atoms with Crippen molar-refractivity contribution in [3.63, 3.8) is 0 Å². The molecule has 1 saturated heterocycles. The topological polar surface area (TPSA) is 15.3 Å². The van der Waals surface area contributed by atoms with Crippen molar-refractivity contribution in [2.45, 2.75) is 32.7 Å². The van der Waals surface area contributed by atoms with Gasteiger partial charge in [-0.3, -0.25) is 0 Å². The minimum atomic E-state index is 0.547. The number of nitrogens with zero attached hydrogens (tertiary/aromatic N) is 1. The molecule has 0 radical (unpaired) electrons. The molecule has 2 nitrogen and oxygen atoms in total. The quantitative estimate of drug-likeness (QED) is 0.826. The monoisotopic (exact) mass is 252 g/mol. The van der Waals surface area contributed by atoms with Gasteiger partial charge in [0.15, 0.2) is 0 Å². The molecular formula is C14H21ClN2. The van der Waals surface area contributed by atoms with E-state index < -0.39 is 0 Å². The van der Waals surface area contributed by atoms with E-state index in [-0.39, 0.29) is 0 Å². The fraction of sp³-hybridized carbons (Fsp3) is 0.571. The lowest BCUT2D eigenvalue weighted by atomic mass is 10.1. The predicted octanol–water partition coefficient (Wildman–Crippen LogP) is 3.23. The molecule has 0 saturated carbocycles. The van der Waals surface area contributed by atoms with Gasteiger partial charge >= 0.3 is 0 Å². The summed E-state index contributed by atoms with van der Waals surface area (Å²) in [7, 11) is 0. The standard InChI is InChI=1S/C14H21ClN2/c1-11-9-13(15)5-6-14(11)17-8-4-3-7-16-12(2)10-17/h5-6,9,12,16H,3-4,7-8,10H2,1-2H3. The van der Waals surface area contributed by atoms with Crippen LogP contribution in [0.2, 0.25) is 5.02 Å². The number of nitrogens with one attached hydrogen (secondary N) is 1. The molecule has 0 amide bonds. The smallest absolute Gasteiger partial charge is 0.0410 e. The van der Waals surface area contributed by atoms with Crippen LogP contribution < -0.4 is 10.2 Å². The lowest BCUT2D eigenvalue weighted by Crippen LogP contribution is -2.42. The molecule has 3 heteroatoms. The van der Waals surface area contributed by atoms with Gasteiger partial charge in [0.25, 0.3) is 0 Å². The van der Waals surface area contributed by atoms with Crippen molar-refractivity contribution in [2.75, 3.05) is 24.5 Å². The first-order valence-electron chi connectivity index (χ1n) is 6.41. The Kier molecular flexibility index (Phi) is 4.30. The van der Waals surface area contributed by atoms with Crippen molar-refractivity contribution in [1.82, 2.24) is 5.32 Å². The van der Waals surface area contributed by atoms with Crippen LogP contribution in [0.25, 0.3) is 0 Å². The van der Waals surface area contributed by atoms with E-state index in [1.54, 1.807) is 0 Å². The summed E-state index contributed by atoms with van der Waals surface area (Å²) in [5.41, 5.74) is 2.59. The van der Waals surface area contributed by atoms with E-state index >= 15 is 0 Å². The van der Waals surface area contributed by atoms with E-state index in [1.165, 1.54) is 24.1 Å². The Balaban J connectivity index is 2.17. The highest BCUT2D eigenvalue weighted by molar-refractivity contribution is 6.30. The molecule has 1 fully saturated rings. The SMILES string of the molecule is Cc1cc(Cl)ccc1N1CCCCNC(C)C1. The number of hydrogen-bond acceptors (Lipinski definition) is 2. The lowest BCUT2D eigenvalue weighted by molar-refractivity contribution is 0.485. The van der Waals surface area contributed by atoms with Crippen LogP contribution in [-0.2, 0) is 0 Å². The molecule has 1 heterocycles. The number of aryl methyl sites for hydroxylation is 1. The van der Waals surface area contributed by atoms with E-state index in [0.29, 0.717) is 6.04 Å². The van der Waals surface area contributed by atoms with E-state index in [9.17, 15) is 0 Å². The van der Waals surface area contributed by atoms with Crippen LogP contribution in [0.5, 0.6) is 0 Å². The van der Waals surface area contributed by atoms with Crippen LogP contribution in [0, 0.1) is 6.92 Å². The van der Waals surface area contributed by atoms with Crippen molar-refractivity contribution in [2.24, 2.45) is 0 Å². The molecule has 94 valence electrons. The number of rotatable bonds is 1. The third-order valence-electron chi connectivity index (χ3n) is 3.34. The Morgan fingerprint density at radius 3 is 2.94 bits per heavy atom. The second kappa shape index (κ2) is 5.74. The van der Waals surface area contributed by atoms with E-state index in [4.69, 9.17) is 11.6 Å². The van der Waals surface area contributed by atoms with Gasteiger partial charge in [-0.25, -0.2) is 0 Å². The Morgan fingerprint density at radius 2 is 2.18 bits per heavy atom. The molecule has 1 atom stereocenters. The Hall–Kier alpha value is -0.730. The minimum Gasteiger partial charge on any atom is -0.370 e. The van der Waals surface area contributed by atoms with Crippen molar-refractivity contribution in [1.29, 1.82) is 0 Å². The van der Waals surface area contributed by atoms with Gasteiger partial charge in [-0.2, -0.15) is 0 Å². The number of hydrogen-bond donors (Lipinski definition) is 1. The van der Waals surface area contributed by atoms with Gasteiger partial charge in [-0.05, 0) is 57.0 Å². The second-order valence-electron chi connectivity index (χ2n) is 4.94. The molecular weight excluding hydrogens is 232 g/mol. The molecule has 1 unspecified atom stereocenters. The van der Waals surface area contributed by atoms with Gasteiger partial charge in [0.05, 0.1) is 0 Å². The van der Waals surface area contributed by atoms with Crippen molar-refractivity contribution in [3.05, 3.63) is 28.8 Å². The predicted molar refractivity (Wildman–Crippen MR) is 75.1 cm³/mol. The molecule has 1 aromatic rings. The highest BCUT2D eigenvalue weighted by Gasteiger charge is 2.14. The van der Waals surface area contributed by atoms with Crippen molar-refractivity contribution < 1.29 is 0 Å². The molecule has 0 aliphatic carbocycles. The van der Waals surface area contributed by atoms with Gasteiger partial charge in [0.2, 0.25) is 0 Å². The molecule has 0 aromatic heterocycles. The summed E-state index contributed by atoms with van der Waals surface area (Å²) < 4.78 is 0. The zero-order valence-electron chi connectivity index (χ0n) is 10.7. The largest absolute Gasteiger partial charge is 0.370 e. The summed E-state index contributed by atoms with van der Waals surface area (Å²) in [5, 5.41) is 4.37. The first-order chi connectivity index (χ1) is 8.16. The molecule has 1 N–H and O–H groups in total. The summed E-state index contributed by atoms with van der Waals surface area (Å²) in [6.45, 7) is 7.76. The minimum absolute atomic E-state index is 0.547. The normalized spacial score (nSPS) is 22.1. The third-order valence-corrected chi connectivity index (χ3v) is 3.58. The van der Waals surface area contributed by atoms with Crippen molar-refractivity contribution >= 4 is 17.3 Å². The van der Waals surface area contributed by atoms with Crippen LogP contribution in [0.4, 0.5) is 5.69 Å². The zero-order valence-corrected chi connectivity index (χ0v) is 11.4. The van der Waals surface area contributed by atoms with Crippen LogP contribution in [0.3, 0.4) is 0 Å². The summed E-state index contributed by atoms with van der Waals surface area (Å²) in [6.07, 6.45) is 2.51. The number of anilines is 1. The van der Waals surface area contributed by atoms with Crippen molar-refractivity contribution in [3.8, 4) is 0 Å². The van der Waals surface area contributed by atoms with Crippen LogP contribution in [-0.4, -0.2) is 25.7 Å². The maximum absolute atomic E-state index is 6.01. The van der Waals surface area contributed by atoms with Crippen LogP contribution >= 0.6 is 11.6 Å². The average Bonchev–Trinajstić information content (AvgIpc) is 2.24. The highest BCUT2D eigenvalue weighted by Crippen LogP contribution is 2.24. The maximum atomic E-state index is 6.01. The Morgan fingerprint density at radius 1 is 1.35 bits per heavy atom. The highest BCUT2D eigenvalue weighted by atomic mass is 35.5. The average molecular weight is 253 g/mol. The molecule has 17 heavy (non-hydrogen) atoms. The van der Waals surface area contributed by atoms with E-state index in [0.717, 1.165) is 24.7 Å².